The van der Waals surface area contributed by atoms with Gasteiger partial charge in [0.15, 0.2) is 5.65 Å². The highest BCUT2D eigenvalue weighted by Gasteiger charge is 2.09. The molecule has 68 valence electrons. The van der Waals surface area contributed by atoms with Crippen LogP contribution in [0.5, 0.6) is 0 Å². The van der Waals surface area contributed by atoms with Crippen LogP contribution in [-0.4, -0.2) is 19.4 Å². The molecule has 0 radical (unpaired) electrons. The largest absolute Gasteiger partial charge is 0.271 e. The van der Waals surface area contributed by atoms with Crippen molar-refractivity contribution >= 4 is 5.65 Å². The topological polar surface area (TPSA) is 43.1 Å². The Labute approximate surface area is 76.7 Å². The van der Waals surface area contributed by atoms with E-state index in [1.807, 2.05) is 4.40 Å². The summed E-state index contributed by atoms with van der Waals surface area (Å²) in [7, 11) is 0. The van der Waals surface area contributed by atoms with E-state index in [1.165, 1.54) is 6.33 Å². The lowest BCUT2D eigenvalue weighted by Crippen LogP contribution is -2.00. The van der Waals surface area contributed by atoms with E-state index >= 15 is 0 Å². The second-order valence-corrected chi connectivity index (χ2v) is 3.16. The Morgan fingerprint density at radius 3 is 3.08 bits per heavy atom. The predicted molar refractivity (Wildman–Crippen MR) is 49.5 cm³/mol. The predicted octanol–water partition coefficient (Wildman–Crippen LogP) is 1.64. The van der Waals surface area contributed by atoms with Gasteiger partial charge in [0.1, 0.15) is 18.5 Å². The quantitative estimate of drug-likeness (QED) is 0.698. The van der Waals surface area contributed by atoms with Gasteiger partial charge in [-0.1, -0.05) is 13.8 Å². The summed E-state index contributed by atoms with van der Waals surface area (Å²) < 4.78 is 1.94. The molecule has 2 aromatic heterocycles. The lowest BCUT2D eigenvalue weighted by molar-refractivity contribution is 0.671. The molecule has 0 aliphatic rings. The molecule has 0 aromatic carbocycles. The number of aromatic nitrogens is 4. The van der Waals surface area contributed by atoms with Gasteiger partial charge in [0.2, 0.25) is 0 Å². The van der Waals surface area contributed by atoms with E-state index in [-0.39, 0.29) is 0 Å². The van der Waals surface area contributed by atoms with Crippen LogP contribution < -0.4 is 0 Å². The molecule has 0 saturated carbocycles. The average Bonchev–Trinajstić information content (AvgIpc) is 2.60. The van der Waals surface area contributed by atoms with Crippen molar-refractivity contribution in [2.24, 2.45) is 0 Å². The van der Waals surface area contributed by atoms with Gasteiger partial charge in [-0.05, 0) is 6.42 Å². The molecule has 13 heavy (non-hydrogen) atoms. The fraction of sp³-hybridized carbons (Fsp3) is 0.444. The third-order valence-corrected chi connectivity index (χ3v) is 2.30. The lowest BCUT2D eigenvalue weighted by atomic mass is 10.1. The molecule has 0 bridgehead atoms. The van der Waals surface area contributed by atoms with Gasteiger partial charge in [0.05, 0.1) is 6.20 Å². The maximum Gasteiger partial charge on any atom is 0.159 e. The highest BCUT2D eigenvalue weighted by molar-refractivity contribution is 5.35. The van der Waals surface area contributed by atoms with Crippen LogP contribution in [0, 0.1) is 0 Å². The van der Waals surface area contributed by atoms with E-state index < -0.39 is 0 Å². The van der Waals surface area contributed by atoms with Crippen molar-refractivity contribution in [3.05, 3.63) is 24.7 Å². The Hall–Kier alpha value is -1.45. The van der Waals surface area contributed by atoms with E-state index in [0.29, 0.717) is 5.92 Å². The van der Waals surface area contributed by atoms with Gasteiger partial charge in [-0.25, -0.2) is 15.0 Å². The fourth-order valence-corrected chi connectivity index (χ4v) is 1.32. The molecule has 1 atom stereocenters. The molecule has 1 unspecified atom stereocenters. The summed E-state index contributed by atoms with van der Waals surface area (Å²) >= 11 is 0. The first-order chi connectivity index (χ1) is 6.33. The van der Waals surface area contributed by atoms with E-state index in [4.69, 9.17) is 0 Å². The number of hydrogen-bond acceptors (Lipinski definition) is 3. The van der Waals surface area contributed by atoms with Crippen LogP contribution in [-0.2, 0) is 0 Å². The maximum atomic E-state index is 4.33. The van der Waals surface area contributed by atoms with Gasteiger partial charge >= 0.3 is 0 Å². The van der Waals surface area contributed by atoms with Crippen molar-refractivity contribution in [2.75, 3.05) is 0 Å². The number of fused-ring (bicyclic) bond motifs is 1. The van der Waals surface area contributed by atoms with Gasteiger partial charge < -0.3 is 0 Å². The smallest absolute Gasteiger partial charge is 0.159 e. The van der Waals surface area contributed by atoms with Crippen molar-refractivity contribution in [1.82, 2.24) is 19.4 Å². The molecule has 0 saturated heterocycles. The lowest BCUT2D eigenvalue weighted by Gasteiger charge is -2.05. The molecule has 0 fully saturated rings. The minimum atomic E-state index is 0.452. The summed E-state index contributed by atoms with van der Waals surface area (Å²) in [4.78, 5) is 12.4. The van der Waals surface area contributed by atoms with Gasteiger partial charge in [0.25, 0.3) is 0 Å². The Bertz CT molecular complexity index is 407. The third-order valence-electron chi connectivity index (χ3n) is 2.30. The maximum absolute atomic E-state index is 4.33. The molecule has 2 heterocycles. The van der Waals surface area contributed by atoms with Crippen LogP contribution in [0.4, 0.5) is 0 Å². The monoisotopic (exact) mass is 176 g/mol. The summed E-state index contributed by atoms with van der Waals surface area (Å²) in [5, 5.41) is 0. The van der Waals surface area contributed by atoms with E-state index in [2.05, 4.69) is 28.8 Å². The molecule has 0 spiro atoms. The van der Waals surface area contributed by atoms with Gasteiger partial charge in [-0.2, -0.15) is 0 Å². The van der Waals surface area contributed by atoms with Gasteiger partial charge in [-0.15, -0.1) is 0 Å². The molecular formula is C9H12N4. The van der Waals surface area contributed by atoms with Crippen molar-refractivity contribution < 1.29 is 0 Å². The molecular weight excluding hydrogens is 164 g/mol. The van der Waals surface area contributed by atoms with Crippen LogP contribution in [0.2, 0.25) is 0 Å². The molecule has 0 amide bonds. The first kappa shape index (κ1) is 8.16. The molecule has 0 aliphatic carbocycles. The van der Waals surface area contributed by atoms with E-state index in [0.717, 1.165) is 17.9 Å². The van der Waals surface area contributed by atoms with Crippen LogP contribution in [0.3, 0.4) is 0 Å². The summed E-state index contributed by atoms with van der Waals surface area (Å²) in [6.07, 6.45) is 6.16. The van der Waals surface area contributed by atoms with Crippen LogP contribution in [0.15, 0.2) is 18.9 Å². The minimum Gasteiger partial charge on any atom is -0.271 e. The van der Waals surface area contributed by atoms with Gasteiger partial charge in [0, 0.05) is 5.92 Å². The number of hydrogen-bond donors (Lipinski definition) is 0. The number of rotatable bonds is 2. The Balaban J connectivity index is 2.57. The van der Waals surface area contributed by atoms with Crippen molar-refractivity contribution in [1.29, 1.82) is 0 Å². The fourth-order valence-electron chi connectivity index (χ4n) is 1.32. The second-order valence-electron chi connectivity index (χ2n) is 3.16. The van der Waals surface area contributed by atoms with Crippen LogP contribution in [0.1, 0.15) is 32.0 Å². The van der Waals surface area contributed by atoms with Crippen molar-refractivity contribution in [3.63, 3.8) is 0 Å². The van der Waals surface area contributed by atoms with Crippen LogP contribution >= 0.6 is 0 Å². The van der Waals surface area contributed by atoms with Crippen molar-refractivity contribution in [3.8, 4) is 0 Å². The summed E-state index contributed by atoms with van der Waals surface area (Å²) in [5.74, 6) is 1.49. The Kier molecular flexibility index (Phi) is 1.96. The second kappa shape index (κ2) is 3.12. The zero-order chi connectivity index (χ0) is 9.26. The first-order valence-corrected chi connectivity index (χ1v) is 4.46. The molecule has 0 N–H and O–H groups in total. The zero-order valence-electron chi connectivity index (χ0n) is 7.81. The average molecular weight is 176 g/mol. The van der Waals surface area contributed by atoms with Crippen molar-refractivity contribution in [2.45, 2.75) is 26.2 Å². The van der Waals surface area contributed by atoms with E-state index in [1.54, 1.807) is 12.5 Å². The summed E-state index contributed by atoms with van der Waals surface area (Å²) in [5.41, 5.74) is 0.866. The normalized spacial score (nSPS) is 13.4. The molecule has 0 aliphatic heterocycles. The van der Waals surface area contributed by atoms with E-state index in [9.17, 15) is 0 Å². The molecule has 4 nitrogen and oxygen atoms in total. The SMILES string of the molecule is CCC(C)c1ncc2ncncn12. The summed E-state index contributed by atoms with van der Waals surface area (Å²) in [6.45, 7) is 4.30. The first-order valence-electron chi connectivity index (χ1n) is 4.46. The number of imidazole rings is 1. The molecule has 2 aromatic rings. The standard InChI is InChI=1S/C9H12N4/c1-3-7(2)9-11-4-8-12-5-10-6-13(8)9/h4-7H,3H2,1-2H3. The van der Waals surface area contributed by atoms with Gasteiger partial charge in [-0.3, -0.25) is 4.40 Å². The summed E-state index contributed by atoms with van der Waals surface area (Å²) in [6, 6.07) is 0. The van der Waals surface area contributed by atoms with Crippen LogP contribution in [0.25, 0.3) is 5.65 Å². The number of nitrogens with zero attached hydrogens (tertiary/aromatic N) is 4. The molecule has 4 heteroatoms. The minimum absolute atomic E-state index is 0.452. The zero-order valence-corrected chi connectivity index (χ0v) is 7.81. The Morgan fingerprint density at radius 2 is 2.31 bits per heavy atom. The molecule has 2 rings (SSSR count). The Morgan fingerprint density at radius 1 is 1.46 bits per heavy atom. The highest BCUT2D eigenvalue weighted by Crippen LogP contribution is 2.16. The highest BCUT2D eigenvalue weighted by atomic mass is 15.1. The third kappa shape index (κ3) is 1.28.